The van der Waals surface area contributed by atoms with Gasteiger partial charge in [-0.1, -0.05) is 6.07 Å². The third-order valence-corrected chi connectivity index (χ3v) is 8.38. The Labute approximate surface area is 219 Å². The van der Waals surface area contributed by atoms with E-state index in [1.807, 2.05) is 18.3 Å². The Kier molecular flexibility index (Phi) is 6.68. The highest BCUT2D eigenvalue weighted by atomic mass is 15.4. The van der Waals surface area contributed by atoms with E-state index >= 15 is 0 Å². The van der Waals surface area contributed by atoms with Gasteiger partial charge in [0.25, 0.3) is 0 Å². The molecule has 192 valence electrons. The van der Waals surface area contributed by atoms with E-state index in [0.29, 0.717) is 17.6 Å². The van der Waals surface area contributed by atoms with Crippen molar-refractivity contribution in [2.45, 2.75) is 37.9 Å². The first-order valence-corrected chi connectivity index (χ1v) is 13.6. The molecule has 3 aliphatic heterocycles. The number of hydrogen-bond acceptors (Lipinski definition) is 8. The zero-order valence-electron chi connectivity index (χ0n) is 21.6. The number of rotatable bonds is 5. The molecule has 3 atom stereocenters. The number of piperazine rings is 2. The average Bonchev–Trinajstić information content (AvgIpc) is 3.37. The standard InChI is InChI=1S/C29H36N8/c1-21-17-36(27-6-5-23(15-30)29-26(27)3-2-10-32-29)20-25-19-34(13-14-37(21)25)11-8-22-4-7-28(33-16-22)35-12-9-24(31)18-35/h2-7,10,16,21,24-25H,8-9,11-14,17-20,31H2,1H3. The summed E-state index contributed by atoms with van der Waals surface area (Å²) in [6.07, 6.45) is 5.89. The van der Waals surface area contributed by atoms with E-state index in [1.54, 1.807) is 6.20 Å². The van der Waals surface area contributed by atoms with E-state index in [2.05, 4.69) is 61.8 Å². The predicted molar refractivity (Wildman–Crippen MR) is 148 cm³/mol. The maximum absolute atomic E-state index is 9.54. The molecule has 8 nitrogen and oxygen atoms in total. The molecule has 2 aromatic heterocycles. The van der Waals surface area contributed by atoms with Gasteiger partial charge in [-0.2, -0.15) is 5.26 Å². The lowest BCUT2D eigenvalue weighted by Crippen LogP contribution is -2.65. The lowest BCUT2D eigenvalue weighted by Gasteiger charge is -2.51. The number of aromatic nitrogens is 2. The quantitative estimate of drug-likeness (QED) is 0.576. The third-order valence-electron chi connectivity index (χ3n) is 8.38. The highest BCUT2D eigenvalue weighted by Crippen LogP contribution is 2.32. The van der Waals surface area contributed by atoms with E-state index in [-0.39, 0.29) is 6.04 Å². The monoisotopic (exact) mass is 496 g/mol. The van der Waals surface area contributed by atoms with Crippen LogP contribution in [0.1, 0.15) is 24.5 Å². The van der Waals surface area contributed by atoms with Crippen LogP contribution >= 0.6 is 0 Å². The Bertz CT molecular complexity index is 1290. The second-order valence-electron chi connectivity index (χ2n) is 10.9. The summed E-state index contributed by atoms with van der Waals surface area (Å²) in [5, 5.41) is 10.6. The fourth-order valence-corrected chi connectivity index (χ4v) is 6.39. The van der Waals surface area contributed by atoms with Crippen LogP contribution in [0.3, 0.4) is 0 Å². The van der Waals surface area contributed by atoms with Crippen LogP contribution in [-0.2, 0) is 6.42 Å². The number of anilines is 2. The first kappa shape index (κ1) is 24.1. The van der Waals surface area contributed by atoms with E-state index in [4.69, 9.17) is 10.7 Å². The average molecular weight is 497 g/mol. The maximum Gasteiger partial charge on any atom is 0.128 e. The van der Waals surface area contributed by atoms with Crippen LogP contribution < -0.4 is 15.5 Å². The van der Waals surface area contributed by atoms with E-state index in [9.17, 15) is 5.26 Å². The molecular weight excluding hydrogens is 460 g/mol. The molecule has 3 aromatic rings. The molecule has 3 aliphatic rings. The molecule has 6 rings (SSSR count). The van der Waals surface area contributed by atoms with Crippen LogP contribution in [-0.4, -0.2) is 90.3 Å². The second kappa shape index (κ2) is 10.3. The van der Waals surface area contributed by atoms with Crippen LogP contribution in [0.15, 0.2) is 48.8 Å². The van der Waals surface area contributed by atoms with Crippen molar-refractivity contribution >= 4 is 22.4 Å². The number of benzene rings is 1. The molecule has 2 N–H and O–H groups in total. The Hall–Kier alpha value is -3.25. The van der Waals surface area contributed by atoms with Gasteiger partial charge in [-0.25, -0.2) is 4.98 Å². The lowest BCUT2D eigenvalue weighted by molar-refractivity contribution is 0.0356. The molecule has 0 bridgehead atoms. The zero-order chi connectivity index (χ0) is 25.4. The van der Waals surface area contributed by atoms with Crippen molar-refractivity contribution in [2.24, 2.45) is 5.73 Å². The topological polar surface area (TPSA) is 88.5 Å². The van der Waals surface area contributed by atoms with Gasteiger partial charge in [0.05, 0.1) is 11.1 Å². The summed E-state index contributed by atoms with van der Waals surface area (Å²) >= 11 is 0. The smallest absolute Gasteiger partial charge is 0.128 e. The zero-order valence-corrected chi connectivity index (χ0v) is 21.6. The van der Waals surface area contributed by atoms with Crippen molar-refractivity contribution in [1.29, 1.82) is 5.26 Å². The van der Waals surface area contributed by atoms with Crippen LogP contribution in [0, 0.1) is 11.3 Å². The summed E-state index contributed by atoms with van der Waals surface area (Å²) < 4.78 is 0. The highest BCUT2D eigenvalue weighted by molar-refractivity contribution is 5.95. The lowest BCUT2D eigenvalue weighted by atomic mass is 10.0. The number of nitrogens with zero attached hydrogens (tertiary/aromatic N) is 7. The number of pyridine rings is 2. The molecule has 37 heavy (non-hydrogen) atoms. The molecule has 0 aliphatic carbocycles. The molecular formula is C29H36N8. The molecule has 0 spiro atoms. The molecule has 1 aromatic carbocycles. The Morgan fingerprint density at radius 3 is 2.70 bits per heavy atom. The predicted octanol–water partition coefficient (Wildman–Crippen LogP) is 2.48. The first-order valence-electron chi connectivity index (χ1n) is 13.6. The molecule has 3 fully saturated rings. The van der Waals surface area contributed by atoms with Gasteiger partial charge < -0.3 is 20.4 Å². The second-order valence-corrected chi connectivity index (χ2v) is 10.9. The Balaban J connectivity index is 1.11. The summed E-state index contributed by atoms with van der Waals surface area (Å²) in [5.74, 6) is 1.05. The summed E-state index contributed by atoms with van der Waals surface area (Å²) in [6.45, 7) is 10.6. The first-order chi connectivity index (χ1) is 18.1. The number of fused-ring (bicyclic) bond motifs is 2. The molecule has 3 saturated heterocycles. The van der Waals surface area contributed by atoms with Crippen molar-refractivity contribution < 1.29 is 0 Å². The maximum atomic E-state index is 9.54. The van der Waals surface area contributed by atoms with Crippen molar-refractivity contribution in [3.63, 3.8) is 0 Å². The summed E-state index contributed by atoms with van der Waals surface area (Å²) in [4.78, 5) is 19.3. The van der Waals surface area contributed by atoms with Crippen LogP contribution in [0.5, 0.6) is 0 Å². The van der Waals surface area contributed by atoms with Gasteiger partial charge in [0.1, 0.15) is 11.9 Å². The molecule has 8 heteroatoms. The van der Waals surface area contributed by atoms with Gasteiger partial charge >= 0.3 is 0 Å². The van der Waals surface area contributed by atoms with Gasteiger partial charge in [0, 0.05) is 94.0 Å². The van der Waals surface area contributed by atoms with Crippen LogP contribution in [0.4, 0.5) is 11.5 Å². The minimum Gasteiger partial charge on any atom is -0.368 e. The van der Waals surface area contributed by atoms with Crippen molar-refractivity contribution in [3.05, 3.63) is 59.9 Å². The fraction of sp³-hybridized carbons (Fsp3) is 0.483. The van der Waals surface area contributed by atoms with Crippen molar-refractivity contribution in [3.8, 4) is 6.07 Å². The van der Waals surface area contributed by atoms with Gasteiger partial charge in [0.15, 0.2) is 0 Å². The summed E-state index contributed by atoms with van der Waals surface area (Å²) in [6, 6.07) is 16.0. The summed E-state index contributed by atoms with van der Waals surface area (Å²) in [7, 11) is 0. The fourth-order valence-electron chi connectivity index (χ4n) is 6.39. The van der Waals surface area contributed by atoms with Gasteiger partial charge in [-0.3, -0.25) is 9.88 Å². The SMILES string of the molecule is CC1CN(c2ccc(C#N)c3ncccc23)CC2CN(CCc3ccc(N4CCC(N)C4)nc3)CCN12. The van der Waals surface area contributed by atoms with Crippen molar-refractivity contribution in [1.82, 2.24) is 19.8 Å². The molecule has 3 unspecified atom stereocenters. The van der Waals surface area contributed by atoms with Gasteiger partial charge in [-0.05, 0) is 55.7 Å². The minimum atomic E-state index is 0.269. The van der Waals surface area contributed by atoms with E-state index < -0.39 is 0 Å². The number of nitriles is 1. The van der Waals surface area contributed by atoms with Crippen LogP contribution in [0.2, 0.25) is 0 Å². The van der Waals surface area contributed by atoms with Crippen LogP contribution in [0.25, 0.3) is 10.9 Å². The van der Waals surface area contributed by atoms with Gasteiger partial charge in [-0.15, -0.1) is 0 Å². The van der Waals surface area contributed by atoms with Gasteiger partial charge in [0.2, 0.25) is 0 Å². The Morgan fingerprint density at radius 1 is 1.00 bits per heavy atom. The molecule has 0 saturated carbocycles. The number of hydrogen-bond donors (Lipinski definition) is 1. The Morgan fingerprint density at radius 2 is 1.92 bits per heavy atom. The molecule has 0 radical (unpaired) electrons. The van der Waals surface area contributed by atoms with E-state index in [1.165, 1.54) is 11.3 Å². The third kappa shape index (κ3) is 4.87. The molecule has 5 heterocycles. The van der Waals surface area contributed by atoms with E-state index in [0.717, 1.165) is 81.9 Å². The molecule has 0 amide bonds. The van der Waals surface area contributed by atoms with Crippen molar-refractivity contribution in [2.75, 3.05) is 62.2 Å². The summed E-state index contributed by atoms with van der Waals surface area (Å²) in [5.41, 5.74) is 9.99. The minimum absolute atomic E-state index is 0.269. The normalized spacial score (nSPS) is 24.8. The highest BCUT2D eigenvalue weighted by Gasteiger charge is 2.36. The number of nitrogens with two attached hydrogens (primary N) is 1. The largest absolute Gasteiger partial charge is 0.368 e.